The average molecular weight is 356 g/mol. The molecule has 0 aromatic heterocycles. The number of carboxylic acid groups (broad SMARTS) is 1. The van der Waals surface area contributed by atoms with Gasteiger partial charge in [-0.1, -0.05) is 23.2 Å². The molecule has 0 heterocycles. The maximum Gasteiger partial charge on any atom is 0.337 e. The van der Waals surface area contributed by atoms with Crippen molar-refractivity contribution >= 4 is 33.3 Å². The summed E-state index contributed by atoms with van der Waals surface area (Å²) in [6.07, 6.45) is 0. The Hall–Kier alpha value is -2.25. The average Bonchev–Trinajstić information content (AvgIpc) is 2.48. The van der Waals surface area contributed by atoms with E-state index in [1.165, 1.54) is 37.4 Å². The number of nitrogens with one attached hydrogen (secondary N) is 1. The van der Waals surface area contributed by atoms with Crippen molar-refractivity contribution in [3.63, 3.8) is 0 Å². The van der Waals surface area contributed by atoms with Crippen molar-refractivity contribution < 1.29 is 23.1 Å². The summed E-state index contributed by atoms with van der Waals surface area (Å²) in [4.78, 5) is 11.2. The molecule has 0 atom stereocenters. The van der Waals surface area contributed by atoms with Gasteiger partial charge in [-0.25, -0.2) is 13.2 Å². The van der Waals surface area contributed by atoms with Gasteiger partial charge in [0.25, 0.3) is 10.0 Å². The number of ether oxygens (including phenoxy) is 1. The van der Waals surface area contributed by atoms with E-state index >= 15 is 0 Å². The number of aryl methyl sites for hydroxylation is 1. The van der Waals surface area contributed by atoms with Crippen molar-refractivity contribution in [2.24, 2.45) is 0 Å². The molecule has 2 rings (SSSR count). The fourth-order valence-corrected chi connectivity index (χ4v) is 3.37. The largest absolute Gasteiger partial charge is 0.495 e. The third kappa shape index (κ3) is 3.75. The van der Waals surface area contributed by atoms with E-state index in [-0.39, 0.29) is 21.2 Å². The summed E-state index contributed by atoms with van der Waals surface area (Å²) in [6.45, 7) is 1.72. The first kappa shape index (κ1) is 17.1. The molecule has 0 bridgehead atoms. The molecule has 0 aliphatic carbocycles. The van der Waals surface area contributed by atoms with Gasteiger partial charge in [-0.15, -0.1) is 0 Å². The summed E-state index contributed by atoms with van der Waals surface area (Å²) < 4.78 is 32.1. The summed E-state index contributed by atoms with van der Waals surface area (Å²) in [5, 5.41) is 9.33. The van der Waals surface area contributed by atoms with Crippen LogP contribution in [0.15, 0.2) is 41.3 Å². The molecular weight excluding hydrogens is 342 g/mol. The zero-order chi connectivity index (χ0) is 17.2. The van der Waals surface area contributed by atoms with E-state index in [0.29, 0.717) is 11.3 Å². The molecule has 0 amide bonds. The van der Waals surface area contributed by atoms with Gasteiger partial charge < -0.3 is 9.84 Å². The lowest BCUT2D eigenvalue weighted by Gasteiger charge is -2.12. The van der Waals surface area contributed by atoms with Crippen molar-refractivity contribution in [1.82, 2.24) is 0 Å². The monoisotopic (exact) mass is 355 g/mol. The molecule has 0 aliphatic heterocycles. The number of carbonyl (C=O) groups is 1. The Bertz CT molecular complexity index is 864. The standard InChI is InChI=1S/C15H14ClNO5S/c1-9-3-5-13(11(7-9)15(18)19)17-23(20,21)10-4-6-14(22-2)12(16)8-10/h3-8,17H,1-2H3,(H,18,19). The number of benzene rings is 2. The van der Waals surface area contributed by atoms with Gasteiger partial charge in [-0.05, 0) is 37.3 Å². The van der Waals surface area contributed by atoms with Gasteiger partial charge in [-0.3, -0.25) is 4.72 Å². The SMILES string of the molecule is COc1ccc(S(=O)(=O)Nc2ccc(C)cc2C(=O)O)cc1Cl. The second-order valence-corrected chi connectivity index (χ2v) is 6.85. The van der Waals surface area contributed by atoms with Crippen LogP contribution in [0.5, 0.6) is 5.75 Å². The molecule has 0 aliphatic rings. The molecule has 2 aromatic rings. The minimum atomic E-state index is -3.98. The molecule has 0 fully saturated rings. The molecule has 2 N–H and O–H groups in total. The summed E-state index contributed by atoms with van der Waals surface area (Å²) in [5.74, 6) is -0.883. The zero-order valence-corrected chi connectivity index (χ0v) is 13.9. The molecule has 0 spiro atoms. The molecule has 6 nitrogen and oxygen atoms in total. The lowest BCUT2D eigenvalue weighted by atomic mass is 10.1. The minimum absolute atomic E-state index is 0.0185. The highest BCUT2D eigenvalue weighted by Crippen LogP contribution is 2.28. The lowest BCUT2D eigenvalue weighted by Crippen LogP contribution is -2.15. The number of sulfonamides is 1. The lowest BCUT2D eigenvalue weighted by molar-refractivity contribution is 0.0698. The molecule has 2 aromatic carbocycles. The maximum absolute atomic E-state index is 12.4. The number of hydrogen-bond donors (Lipinski definition) is 2. The van der Waals surface area contributed by atoms with Crippen molar-refractivity contribution in [3.8, 4) is 5.75 Å². The van der Waals surface area contributed by atoms with Crippen LogP contribution in [0, 0.1) is 6.92 Å². The third-order valence-corrected chi connectivity index (χ3v) is 4.74. The Morgan fingerprint density at radius 3 is 2.48 bits per heavy atom. The molecule has 0 radical (unpaired) electrons. The molecule has 0 unspecified atom stereocenters. The number of aromatic carboxylic acids is 1. The van der Waals surface area contributed by atoms with Crippen LogP contribution in [0.2, 0.25) is 5.02 Å². The van der Waals surface area contributed by atoms with E-state index in [0.717, 1.165) is 0 Å². The van der Waals surface area contributed by atoms with Gasteiger partial charge in [0.15, 0.2) is 0 Å². The van der Waals surface area contributed by atoms with Crippen molar-refractivity contribution in [2.45, 2.75) is 11.8 Å². The Morgan fingerprint density at radius 2 is 1.91 bits per heavy atom. The van der Waals surface area contributed by atoms with E-state index in [4.69, 9.17) is 16.3 Å². The predicted octanol–water partition coefficient (Wildman–Crippen LogP) is 3.16. The normalized spacial score (nSPS) is 11.1. The Morgan fingerprint density at radius 1 is 1.22 bits per heavy atom. The fraction of sp³-hybridized carbons (Fsp3) is 0.133. The van der Waals surface area contributed by atoms with E-state index in [9.17, 15) is 18.3 Å². The molecule has 122 valence electrons. The van der Waals surface area contributed by atoms with Crippen LogP contribution in [0.25, 0.3) is 0 Å². The highest BCUT2D eigenvalue weighted by atomic mass is 35.5. The van der Waals surface area contributed by atoms with Gasteiger partial charge in [0, 0.05) is 0 Å². The minimum Gasteiger partial charge on any atom is -0.495 e. The molecular formula is C15H14ClNO5S. The quantitative estimate of drug-likeness (QED) is 0.859. The summed E-state index contributed by atoms with van der Waals surface area (Å²) >= 11 is 5.93. The summed E-state index contributed by atoms with van der Waals surface area (Å²) in [7, 11) is -2.57. The van der Waals surface area contributed by atoms with Gasteiger partial charge >= 0.3 is 5.97 Å². The third-order valence-electron chi connectivity index (χ3n) is 3.08. The van der Waals surface area contributed by atoms with Crippen molar-refractivity contribution in [1.29, 1.82) is 0 Å². The number of anilines is 1. The highest BCUT2D eigenvalue weighted by Gasteiger charge is 2.19. The van der Waals surface area contributed by atoms with Crippen LogP contribution in [0.1, 0.15) is 15.9 Å². The molecule has 8 heteroatoms. The van der Waals surface area contributed by atoms with E-state index in [1.807, 2.05) is 0 Å². The first-order chi connectivity index (χ1) is 10.7. The first-order valence-corrected chi connectivity index (χ1v) is 8.31. The summed E-state index contributed by atoms with van der Waals surface area (Å²) in [5.41, 5.74) is 0.557. The fourth-order valence-electron chi connectivity index (χ4n) is 1.94. The Kier molecular flexibility index (Phi) is 4.82. The van der Waals surface area contributed by atoms with E-state index in [2.05, 4.69) is 4.72 Å². The number of rotatable bonds is 5. The van der Waals surface area contributed by atoms with Gasteiger partial charge in [-0.2, -0.15) is 0 Å². The van der Waals surface area contributed by atoms with Crippen LogP contribution < -0.4 is 9.46 Å². The van der Waals surface area contributed by atoms with Crippen LogP contribution in [-0.4, -0.2) is 26.6 Å². The molecule has 0 saturated heterocycles. The number of hydrogen-bond acceptors (Lipinski definition) is 4. The number of halogens is 1. The molecule has 23 heavy (non-hydrogen) atoms. The smallest absolute Gasteiger partial charge is 0.337 e. The first-order valence-electron chi connectivity index (χ1n) is 6.45. The van der Waals surface area contributed by atoms with Crippen LogP contribution >= 0.6 is 11.6 Å². The highest BCUT2D eigenvalue weighted by molar-refractivity contribution is 7.92. The van der Waals surface area contributed by atoms with Crippen molar-refractivity contribution in [3.05, 3.63) is 52.5 Å². The summed E-state index contributed by atoms with van der Waals surface area (Å²) in [6, 6.07) is 8.39. The second kappa shape index (κ2) is 6.47. The van der Waals surface area contributed by atoms with E-state index in [1.54, 1.807) is 13.0 Å². The van der Waals surface area contributed by atoms with E-state index < -0.39 is 16.0 Å². The van der Waals surface area contributed by atoms with Gasteiger partial charge in [0.05, 0.1) is 28.3 Å². The number of methoxy groups -OCH3 is 1. The van der Waals surface area contributed by atoms with Crippen LogP contribution in [0.3, 0.4) is 0 Å². The topological polar surface area (TPSA) is 92.7 Å². The van der Waals surface area contributed by atoms with Crippen LogP contribution in [0.4, 0.5) is 5.69 Å². The maximum atomic E-state index is 12.4. The van der Waals surface area contributed by atoms with Gasteiger partial charge in [0.2, 0.25) is 0 Å². The van der Waals surface area contributed by atoms with Gasteiger partial charge in [0.1, 0.15) is 5.75 Å². The molecule has 0 saturated carbocycles. The second-order valence-electron chi connectivity index (χ2n) is 4.76. The van der Waals surface area contributed by atoms with Crippen LogP contribution in [-0.2, 0) is 10.0 Å². The Labute approximate surface area is 138 Å². The predicted molar refractivity (Wildman–Crippen MR) is 87.0 cm³/mol. The number of carboxylic acids is 1. The van der Waals surface area contributed by atoms with Crippen molar-refractivity contribution in [2.75, 3.05) is 11.8 Å². The zero-order valence-electron chi connectivity index (χ0n) is 12.3. The Balaban J connectivity index is 2.43.